The summed E-state index contributed by atoms with van der Waals surface area (Å²) in [7, 11) is -0.356. The maximum absolute atomic E-state index is 13.4. The molecule has 0 unspecified atom stereocenters. The molecule has 2 aromatic carbocycles. The number of fused-ring (bicyclic) bond motifs is 1. The van der Waals surface area contributed by atoms with Gasteiger partial charge in [-0.3, -0.25) is 9.59 Å². The average molecular weight is 566 g/mol. The molecule has 40 heavy (non-hydrogen) atoms. The standard InChI is InChI=1S/C31H39N3O5S/c1-31(2,30(36)39-4)28(21-8-6-5-7-9-21)32-29(35)22-12-15-24(16-13-22)33-40(37,38)25-17-14-23-18-26(20-10-11-20)34(3)27(23)19-25/h5-9,14,17-20,22,24,28,33H,10-13,15-16H2,1-4H3,(H,32,35)/t22-,24-,28-/m0/s1. The van der Waals surface area contributed by atoms with Crippen LogP contribution in [0.5, 0.6) is 0 Å². The van der Waals surface area contributed by atoms with E-state index in [2.05, 4.69) is 20.7 Å². The molecule has 0 radical (unpaired) electrons. The fourth-order valence-corrected chi connectivity index (χ4v) is 7.32. The number of nitrogens with zero attached hydrogens (tertiary/aromatic N) is 1. The highest BCUT2D eigenvalue weighted by molar-refractivity contribution is 7.89. The molecule has 214 valence electrons. The summed E-state index contributed by atoms with van der Waals surface area (Å²) in [4.78, 5) is 26.2. The van der Waals surface area contributed by atoms with Crippen molar-refractivity contribution in [2.45, 2.75) is 75.3 Å². The minimum atomic E-state index is -3.70. The number of sulfonamides is 1. The van der Waals surface area contributed by atoms with Gasteiger partial charge in [0.05, 0.1) is 23.5 Å². The highest BCUT2D eigenvalue weighted by Gasteiger charge is 2.41. The summed E-state index contributed by atoms with van der Waals surface area (Å²) < 4.78 is 36.6. The Bertz CT molecular complexity index is 1500. The van der Waals surface area contributed by atoms with Gasteiger partial charge in [0.2, 0.25) is 15.9 Å². The van der Waals surface area contributed by atoms with E-state index in [0.717, 1.165) is 16.5 Å². The van der Waals surface area contributed by atoms with Crippen LogP contribution in [0.1, 0.15) is 75.6 Å². The summed E-state index contributed by atoms with van der Waals surface area (Å²) in [6.45, 7) is 3.53. The van der Waals surface area contributed by atoms with Crippen molar-refractivity contribution in [3.05, 3.63) is 65.9 Å². The van der Waals surface area contributed by atoms with Gasteiger partial charge < -0.3 is 14.6 Å². The molecule has 2 N–H and O–H groups in total. The molecule has 2 fully saturated rings. The van der Waals surface area contributed by atoms with Crippen LogP contribution in [0.25, 0.3) is 10.9 Å². The van der Waals surface area contributed by atoms with E-state index in [1.165, 1.54) is 25.6 Å². The van der Waals surface area contributed by atoms with Gasteiger partial charge in [-0.2, -0.15) is 0 Å². The van der Waals surface area contributed by atoms with Crippen LogP contribution >= 0.6 is 0 Å². The second-order valence-electron chi connectivity index (χ2n) is 11.9. The first kappa shape index (κ1) is 28.4. The summed E-state index contributed by atoms with van der Waals surface area (Å²) in [5.41, 5.74) is 2.04. The van der Waals surface area contributed by atoms with Crippen molar-refractivity contribution in [2.75, 3.05) is 7.11 Å². The third-order valence-electron chi connectivity index (χ3n) is 8.63. The van der Waals surface area contributed by atoms with Gasteiger partial charge in [0.1, 0.15) is 0 Å². The van der Waals surface area contributed by atoms with Crippen molar-refractivity contribution >= 4 is 32.8 Å². The molecule has 9 heteroatoms. The Hall–Kier alpha value is -3.17. The fraction of sp³-hybridized carbons (Fsp3) is 0.484. The Morgan fingerprint density at radius 2 is 1.65 bits per heavy atom. The van der Waals surface area contributed by atoms with Crippen molar-refractivity contribution in [2.24, 2.45) is 18.4 Å². The van der Waals surface area contributed by atoms with Gasteiger partial charge in [0.25, 0.3) is 0 Å². The molecule has 8 nitrogen and oxygen atoms in total. The van der Waals surface area contributed by atoms with E-state index < -0.39 is 27.4 Å². The molecule has 0 spiro atoms. The highest BCUT2D eigenvalue weighted by atomic mass is 32.2. The molecule has 2 aliphatic carbocycles. The molecule has 0 saturated heterocycles. The van der Waals surface area contributed by atoms with Crippen LogP contribution in [-0.4, -0.2) is 38.0 Å². The lowest BCUT2D eigenvalue weighted by Gasteiger charge is -2.35. The molecule has 0 aliphatic heterocycles. The van der Waals surface area contributed by atoms with E-state index in [0.29, 0.717) is 31.6 Å². The zero-order valence-corrected chi connectivity index (χ0v) is 24.5. The number of ether oxygens (including phenoxy) is 1. The number of rotatable bonds is 9. The Balaban J connectivity index is 1.23. The topological polar surface area (TPSA) is 106 Å². The quantitative estimate of drug-likeness (QED) is 0.357. The number of carbonyl (C=O) groups excluding carboxylic acids is 2. The molecular formula is C31H39N3O5S. The Morgan fingerprint density at radius 3 is 2.27 bits per heavy atom. The largest absolute Gasteiger partial charge is 0.469 e. The first-order valence-corrected chi connectivity index (χ1v) is 15.5. The van der Waals surface area contributed by atoms with Crippen molar-refractivity contribution in [3.63, 3.8) is 0 Å². The van der Waals surface area contributed by atoms with E-state index in [-0.39, 0.29) is 22.8 Å². The van der Waals surface area contributed by atoms with Crippen LogP contribution in [0.4, 0.5) is 0 Å². The second-order valence-corrected chi connectivity index (χ2v) is 13.6. The molecule has 1 amide bonds. The summed E-state index contributed by atoms with van der Waals surface area (Å²) in [5, 5.41) is 4.16. The van der Waals surface area contributed by atoms with E-state index in [4.69, 9.17) is 4.74 Å². The molecule has 1 aromatic heterocycles. The minimum Gasteiger partial charge on any atom is -0.469 e. The number of aryl methyl sites for hydroxylation is 1. The van der Waals surface area contributed by atoms with Crippen molar-refractivity contribution in [3.8, 4) is 0 Å². The van der Waals surface area contributed by atoms with Crippen LogP contribution < -0.4 is 10.0 Å². The lowest BCUT2D eigenvalue weighted by atomic mass is 9.79. The summed E-state index contributed by atoms with van der Waals surface area (Å²) >= 11 is 0. The van der Waals surface area contributed by atoms with Gasteiger partial charge in [0, 0.05) is 30.2 Å². The molecule has 3 aromatic rings. The maximum atomic E-state index is 13.4. The van der Waals surface area contributed by atoms with Gasteiger partial charge in [0.15, 0.2) is 0 Å². The van der Waals surface area contributed by atoms with Crippen LogP contribution in [0.2, 0.25) is 0 Å². The number of nitrogens with one attached hydrogen (secondary N) is 2. The van der Waals surface area contributed by atoms with Gasteiger partial charge in [-0.1, -0.05) is 36.4 Å². The van der Waals surface area contributed by atoms with Crippen LogP contribution in [0, 0.1) is 11.3 Å². The number of aromatic nitrogens is 1. The summed E-state index contributed by atoms with van der Waals surface area (Å²) in [5.74, 6) is -0.219. The number of hydrogen-bond donors (Lipinski definition) is 2. The normalized spacial score (nSPS) is 20.7. The molecule has 2 saturated carbocycles. The summed E-state index contributed by atoms with van der Waals surface area (Å²) in [6.07, 6.45) is 4.61. The minimum absolute atomic E-state index is 0.132. The molecule has 0 bridgehead atoms. The highest BCUT2D eigenvalue weighted by Crippen LogP contribution is 2.42. The van der Waals surface area contributed by atoms with Gasteiger partial charge in [-0.05, 0) is 87.4 Å². The Morgan fingerprint density at radius 1 is 0.975 bits per heavy atom. The van der Waals surface area contributed by atoms with E-state index in [9.17, 15) is 18.0 Å². The Labute approximate surface area is 236 Å². The third-order valence-corrected chi connectivity index (χ3v) is 10.2. The molecule has 1 atom stereocenters. The Kier molecular flexibility index (Phi) is 7.81. The number of carbonyl (C=O) groups is 2. The third kappa shape index (κ3) is 5.67. The second kappa shape index (κ2) is 11.0. The molecule has 2 aliphatic rings. The zero-order chi connectivity index (χ0) is 28.7. The van der Waals surface area contributed by atoms with E-state index in [1.807, 2.05) is 43.4 Å². The average Bonchev–Trinajstić information content (AvgIpc) is 3.74. The van der Waals surface area contributed by atoms with Gasteiger partial charge in [-0.15, -0.1) is 0 Å². The molecule has 5 rings (SSSR count). The number of methoxy groups -OCH3 is 1. The maximum Gasteiger partial charge on any atom is 0.313 e. The van der Waals surface area contributed by atoms with Crippen LogP contribution in [0.3, 0.4) is 0 Å². The first-order valence-electron chi connectivity index (χ1n) is 14.1. The number of hydrogen-bond acceptors (Lipinski definition) is 5. The van der Waals surface area contributed by atoms with E-state index in [1.54, 1.807) is 26.0 Å². The van der Waals surface area contributed by atoms with Crippen molar-refractivity contribution < 1.29 is 22.7 Å². The van der Waals surface area contributed by atoms with Gasteiger partial charge >= 0.3 is 5.97 Å². The fourth-order valence-electron chi connectivity index (χ4n) is 6.00. The van der Waals surface area contributed by atoms with Gasteiger partial charge in [-0.25, -0.2) is 13.1 Å². The number of esters is 1. The monoisotopic (exact) mass is 565 g/mol. The smallest absolute Gasteiger partial charge is 0.313 e. The van der Waals surface area contributed by atoms with Crippen molar-refractivity contribution in [1.29, 1.82) is 0 Å². The summed E-state index contributed by atoms with van der Waals surface area (Å²) in [6, 6.07) is 16.1. The van der Waals surface area contributed by atoms with Crippen LogP contribution in [-0.2, 0) is 31.4 Å². The van der Waals surface area contributed by atoms with E-state index >= 15 is 0 Å². The number of amides is 1. The predicted octanol–water partition coefficient (Wildman–Crippen LogP) is 4.95. The molecule has 1 heterocycles. The lowest BCUT2D eigenvalue weighted by Crippen LogP contribution is -2.46. The lowest BCUT2D eigenvalue weighted by molar-refractivity contribution is -0.153. The number of benzene rings is 2. The van der Waals surface area contributed by atoms with Crippen molar-refractivity contribution in [1.82, 2.24) is 14.6 Å². The first-order chi connectivity index (χ1) is 19.0. The van der Waals surface area contributed by atoms with Crippen LogP contribution in [0.15, 0.2) is 59.5 Å². The predicted molar refractivity (Wildman–Crippen MR) is 154 cm³/mol. The molecular weight excluding hydrogens is 526 g/mol. The SMILES string of the molecule is COC(=O)C(C)(C)[C@@H](NC(=O)[C@H]1CC[C@H](NS(=O)(=O)c2ccc3cc(C4CC4)n(C)c3c2)CC1)c1ccccc1. The zero-order valence-electron chi connectivity index (χ0n) is 23.6.